The van der Waals surface area contributed by atoms with E-state index in [1.54, 1.807) is 0 Å². The van der Waals surface area contributed by atoms with Crippen LogP contribution in [-0.4, -0.2) is 30.0 Å². The Morgan fingerprint density at radius 1 is 1.35 bits per heavy atom. The fraction of sp³-hybridized carbons (Fsp3) is 0.444. The molecule has 1 fully saturated rings. The maximum Gasteiger partial charge on any atom is 0.220 e. The van der Waals surface area contributed by atoms with Crippen LogP contribution in [0, 0.1) is 6.92 Å². The van der Waals surface area contributed by atoms with Crippen molar-refractivity contribution in [1.29, 1.82) is 0 Å². The molecule has 1 aliphatic rings. The van der Waals surface area contributed by atoms with Crippen molar-refractivity contribution in [2.24, 2.45) is 0 Å². The van der Waals surface area contributed by atoms with Crippen LogP contribution in [0.4, 0.5) is 0 Å². The van der Waals surface area contributed by atoms with Gasteiger partial charge in [-0.1, -0.05) is 28.1 Å². The zero-order valence-electron chi connectivity index (χ0n) is 14.6. The van der Waals surface area contributed by atoms with E-state index < -0.39 is 0 Å². The SMILES string of the molecule is Cc1nc(CCC(=O)NCC2CCCN2)oc1-c1ccc(Br)cc1.Cl.Cl. The van der Waals surface area contributed by atoms with Gasteiger partial charge in [0.2, 0.25) is 5.91 Å². The lowest BCUT2D eigenvalue weighted by molar-refractivity contribution is -0.121. The largest absolute Gasteiger partial charge is 0.440 e. The maximum absolute atomic E-state index is 12.0. The molecule has 0 bridgehead atoms. The van der Waals surface area contributed by atoms with Gasteiger partial charge in [0.15, 0.2) is 11.7 Å². The van der Waals surface area contributed by atoms with Crippen LogP contribution in [0.1, 0.15) is 30.8 Å². The van der Waals surface area contributed by atoms with Gasteiger partial charge in [0, 0.05) is 35.5 Å². The number of aromatic nitrogens is 1. The number of nitrogens with one attached hydrogen (secondary N) is 2. The van der Waals surface area contributed by atoms with E-state index >= 15 is 0 Å². The molecule has 2 aromatic rings. The molecule has 1 amide bonds. The van der Waals surface area contributed by atoms with Crippen LogP contribution >= 0.6 is 40.7 Å². The van der Waals surface area contributed by atoms with Crippen LogP contribution in [0.25, 0.3) is 11.3 Å². The Kier molecular flexibility index (Phi) is 9.64. The van der Waals surface area contributed by atoms with Crippen molar-refractivity contribution < 1.29 is 9.21 Å². The molecule has 1 aromatic heterocycles. The molecular weight excluding hydrogens is 441 g/mol. The quantitative estimate of drug-likeness (QED) is 0.676. The van der Waals surface area contributed by atoms with Crippen LogP contribution in [0.2, 0.25) is 0 Å². The van der Waals surface area contributed by atoms with Crippen molar-refractivity contribution in [1.82, 2.24) is 15.6 Å². The average molecular weight is 465 g/mol. The predicted octanol–water partition coefficient (Wildman–Crippen LogP) is 4.06. The molecule has 1 aliphatic heterocycles. The number of carbonyl (C=O) groups excluding carboxylic acids is 1. The lowest BCUT2D eigenvalue weighted by atomic mass is 10.1. The minimum Gasteiger partial charge on any atom is -0.440 e. The third-order valence-electron chi connectivity index (χ3n) is 4.22. The molecule has 0 radical (unpaired) electrons. The van der Waals surface area contributed by atoms with Crippen LogP contribution in [0.15, 0.2) is 33.2 Å². The first-order valence-electron chi connectivity index (χ1n) is 8.34. The second kappa shape index (κ2) is 10.9. The summed E-state index contributed by atoms with van der Waals surface area (Å²) in [5.41, 5.74) is 1.84. The molecule has 8 heteroatoms. The number of benzene rings is 1. The molecule has 1 atom stereocenters. The molecule has 0 spiro atoms. The first-order valence-corrected chi connectivity index (χ1v) is 9.13. The number of carbonyl (C=O) groups is 1. The van der Waals surface area contributed by atoms with Gasteiger partial charge in [0.25, 0.3) is 0 Å². The molecule has 3 rings (SSSR count). The average Bonchev–Trinajstić information content (AvgIpc) is 3.21. The summed E-state index contributed by atoms with van der Waals surface area (Å²) < 4.78 is 6.87. The zero-order valence-corrected chi connectivity index (χ0v) is 17.8. The number of rotatable bonds is 6. The van der Waals surface area contributed by atoms with Crippen molar-refractivity contribution in [2.75, 3.05) is 13.1 Å². The summed E-state index contributed by atoms with van der Waals surface area (Å²) in [6.07, 6.45) is 3.23. The van der Waals surface area contributed by atoms with Crippen LogP contribution in [-0.2, 0) is 11.2 Å². The minimum absolute atomic E-state index is 0. The van der Waals surface area contributed by atoms with Crippen LogP contribution in [0.5, 0.6) is 0 Å². The standard InChI is InChI=1S/C18H22BrN3O2.2ClH/c1-12-18(13-4-6-14(19)7-5-13)24-17(22-12)9-8-16(23)21-11-15-3-2-10-20-15;;/h4-7,15,20H,2-3,8-11H2,1H3,(H,21,23);2*1H. The molecule has 2 N–H and O–H groups in total. The summed E-state index contributed by atoms with van der Waals surface area (Å²) in [4.78, 5) is 16.4. The number of oxazole rings is 1. The molecule has 1 unspecified atom stereocenters. The number of hydrogen-bond donors (Lipinski definition) is 2. The van der Waals surface area contributed by atoms with E-state index in [4.69, 9.17) is 4.42 Å². The predicted molar refractivity (Wildman–Crippen MR) is 111 cm³/mol. The van der Waals surface area contributed by atoms with Crippen molar-refractivity contribution >= 4 is 46.7 Å². The van der Waals surface area contributed by atoms with E-state index in [9.17, 15) is 4.79 Å². The highest BCUT2D eigenvalue weighted by atomic mass is 79.9. The number of aryl methyl sites for hydroxylation is 2. The Hall–Kier alpha value is -1.08. The first-order chi connectivity index (χ1) is 11.6. The van der Waals surface area contributed by atoms with E-state index in [0.29, 0.717) is 31.3 Å². The van der Waals surface area contributed by atoms with E-state index in [-0.39, 0.29) is 30.7 Å². The molecular formula is C18H24BrCl2N3O2. The van der Waals surface area contributed by atoms with Gasteiger partial charge in [-0.05, 0) is 38.4 Å². The Balaban J connectivity index is 0.00000169. The van der Waals surface area contributed by atoms with Crippen LogP contribution < -0.4 is 10.6 Å². The Bertz CT molecular complexity index is 701. The lowest BCUT2D eigenvalue weighted by Gasteiger charge is -2.10. The fourth-order valence-corrected chi connectivity index (χ4v) is 3.17. The van der Waals surface area contributed by atoms with Gasteiger partial charge in [0.05, 0.1) is 5.69 Å². The third-order valence-corrected chi connectivity index (χ3v) is 4.75. The van der Waals surface area contributed by atoms with Gasteiger partial charge in [-0.3, -0.25) is 4.79 Å². The van der Waals surface area contributed by atoms with Gasteiger partial charge in [0.1, 0.15) is 0 Å². The van der Waals surface area contributed by atoms with E-state index in [2.05, 4.69) is 31.5 Å². The number of halogens is 3. The highest BCUT2D eigenvalue weighted by molar-refractivity contribution is 9.10. The molecule has 144 valence electrons. The Morgan fingerprint density at radius 3 is 2.73 bits per heavy atom. The summed E-state index contributed by atoms with van der Waals surface area (Å²) in [5.74, 6) is 1.43. The highest BCUT2D eigenvalue weighted by Crippen LogP contribution is 2.26. The number of nitrogens with zero attached hydrogens (tertiary/aromatic N) is 1. The van der Waals surface area contributed by atoms with Crippen molar-refractivity contribution in [3.05, 3.63) is 40.3 Å². The van der Waals surface area contributed by atoms with E-state index in [1.165, 1.54) is 6.42 Å². The lowest BCUT2D eigenvalue weighted by Crippen LogP contribution is -2.37. The van der Waals surface area contributed by atoms with Gasteiger partial charge >= 0.3 is 0 Å². The minimum atomic E-state index is 0. The van der Waals surface area contributed by atoms with Crippen molar-refractivity contribution in [3.8, 4) is 11.3 Å². The number of amides is 1. The molecule has 5 nitrogen and oxygen atoms in total. The summed E-state index contributed by atoms with van der Waals surface area (Å²) in [7, 11) is 0. The number of hydrogen-bond acceptors (Lipinski definition) is 4. The van der Waals surface area contributed by atoms with Gasteiger partial charge < -0.3 is 15.1 Å². The van der Waals surface area contributed by atoms with Crippen molar-refractivity contribution in [2.45, 2.75) is 38.6 Å². The molecule has 0 aliphatic carbocycles. The topological polar surface area (TPSA) is 67.2 Å². The van der Waals surface area contributed by atoms with Gasteiger partial charge in [-0.25, -0.2) is 4.98 Å². The molecule has 26 heavy (non-hydrogen) atoms. The summed E-state index contributed by atoms with van der Waals surface area (Å²) in [6.45, 7) is 3.68. The molecule has 2 heterocycles. The third kappa shape index (κ3) is 6.27. The normalized spacial score (nSPS) is 15.8. The van der Waals surface area contributed by atoms with Gasteiger partial charge in [-0.2, -0.15) is 0 Å². The Morgan fingerprint density at radius 2 is 2.08 bits per heavy atom. The second-order valence-electron chi connectivity index (χ2n) is 6.13. The zero-order chi connectivity index (χ0) is 16.9. The fourth-order valence-electron chi connectivity index (χ4n) is 2.91. The molecule has 1 aromatic carbocycles. The van der Waals surface area contributed by atoms with Crippen molar-refractivity contribution in [3.63, 3.8) is 0 Å². The van der Waals surface area contributed by atoms with Crippen LogP contribution in [0.3, 0.4) is 0 Å². The maximum atomic E-state index is 12.0. The summed E-state index contributed by atoms with van der Waals surface area (Å²) >= 11 is 3.43. The van der Waals surface area contributed by atoms with E-state index in [1.807, 2.05) is 31.2 Å². The first kappa shape index (κ1) is 23.0. The highest BCUT2D eigenvalue weighted by Gasteiger charge is 2.16. The van der Waals surface area contributed by atoms with E-state index in [0.717, 1.165) is 34.5 Å². The smallest absolute Gasteiger partial charge is 0.220 e. The molecule has 0 saturated carbocycles. The second-order valence-corrected chi connectivity index (χ2v) is 7.04. The van der Waals surface area contributed by atoms with Gasteiger partial charge in [-0.15, -0.1) is 24.8 Å². The summed E-state index contributed by atoms with van der Waals surface area (Å²) in [5, 5.41) is 6.35. The monoisotopic (exact) mass is 463 g/mol. The summed E-state index contributed by atoms with van der Waals surface area (Å²) in [6, 6.07) is 8.34. The Labute approximate surface area is 174 Å². The molecule has 1 saturated heterocycles.